The smallest absolute Gasteiger partial charge is 0.254 e. The van der Waals surface area contributed by atoms with E-state index in [-0.39, 0.29) is 5.91 Å². The molecule has 1 radical (unpaired) electrons. The molecule has 4 heteroatoms. The topological polar surface area (TPSA) is 54.9 Å². The van der Waals surface area contributed by atoms with Gasteiger partial charge < -0.3 is 5.32 Å². The molecule has 1 amide bonds. The number of nitrogens with one attached hydrogen (secondary N) is 1. The van der Waals surface area contributed by atoms with Crippen LogP contribution < -0.4 is 5.32 Å². The third-order valence-electron chi connectivity index (χ3n) is 1.01. The first-order valence-electron chi connectivity index (χ1n) is 2.75. The van der Waals surface area contributed by atoms with Crippen LogP contribution in [-0.2, 0) is 0 Å². The van der Waals surface area contributed by atoms with E-state index < -0.39 is 0 Å². The first-order chi connectivity index (χ1) is 4.84. The Labute approximate surface area is 58.3 Å². The summed E-state index contributed by atoms with van der Waals surface area (Å²) in [6.45, 7) is 0. The maximum atomic E-state index is 10.8. The quantitative estimate of drug-likeness (QED) is 0.573. The van der Waals surface area contributed by atoms with Gasteiger partial charge in [-0.3, -0.25) is 4.79 Å². The number of rotatable bonds is 1. The van der Waals surface area contributed by atoms with Crippen molar-refractivity contribution in [2.45, 2.75) is 0 Å². The average Bonchev–Trinajstić information content (AvgIpc) is 2.05. The van der Waals surface area contributed by atoms with Crippen LogP contribution in [0.2, 0.25) is 0 Å². The summed E-state index contributed by atoms with van der Waals surface area (Å²) in [6, 6.07) is 0. The van der Waals surface area contributed by atoms with Gasteiger partial charge in [0.15, 0.2) is 6.33 Å². The highest BCUT2D eigenvalue weighted by molar-refractivity contribution is 5.93. The number of carbonyl (C=O) groups is 1. The second kappa shape index (κ2) is 2.91. The monoisotopic (exact) mass is 136 g/mol. The average molecular weight is 136 g/mol. The predicted octanol–water partition coefficient (Wildman–Crippen LogP) is -0.364. The van der Waals surface area contributed by atoms with Gasteiger partial charge in [0.05, 0.1) is 5.56 Å². The van der Waals surface area contributed by atoms with Gasteiger partial charge in [0, 0.05) is 19.4 Å². The molecule has 0 saturated carbocycles. The summed E-state index contributed by atoms with van der Waals surface area (Å²) in [5, 5.41) is 2.45. The van der Waals surface area contributed by atoms with E-state index in [1.54, 1.807) is 7.05 Å². The van der Waals surface area contributed by atoms with Gasteiger partial charge in [0.2, 0.25) is 0 Å². The molecule has 1 N–H and O–H groups in total. The second-order valence-corrected chi connectivity index (χ2v) is 1.65. The molecular formula is C6H6N3O. The first kappa shape index (κ1) is 6.67. The Hall–Kier alpha value is -1.45. The molecular weight excluding hydrogens is 130 g/mol. The van der Waals surface area contributed by atoms with Crippen molar-refractivity contribution in [3.05, 3.63) is 24.3 Å². The molecule has 1 aromatic rings. The highest BCUT2D eigenvalue weighted by Crippen LogP contribution is 1.89. The molecule has 51 valence electrons. The van der Waals surface area contributed by atoms with Crippen LogP contribution in [0.4, 0.5) is 0 Å². The van der Waals surface area contributed by atoms with Crippen LogP contribution in [0.1, 0.15) is 10.4 Å². The number of hydrogen-bond donors (Lipinski definition) is 1. The highest BCUT2D eigenvalue weighted by atomic mass is 16.1. The third kappa shape index (κ3) is 1.28. The lowest BCUT2D eigenvalue weighted by Gasteiger charge is -1.94. The van der Waals surface area contributed by atoms with Gasteiger partial charge in [-0.1, -0.05) is 0 Å². The van der Waals surface area contributed by atoms with Crippen molar-refractivity contribution in [3.63, 3.8) is 0 Å². The molecule has 0 aliphatic heterocycles. The first-order valence-corrected chi connectivity index (χ1v) is 2.75. The number of amides is 1. The fourth-order valence-corrected chi connectivity index (χ4v) is 0.525. The van der Waals surface area contributed by atoms with Gasteiger partial charge in [0.25, 0.3) is 5.91 Å². The number of nitrogens with zero attached hydrogens (tertiary/aromatic N) is 2. The van der Waals surface area contributed by atoms with Crippen LogP contribution in [-0.4, -0.2) is 22.9 Å². The van der Waals surface area contributed by atoms with E-state index in [4.69, 9.17) is 0 Å². The van der Waals surface area contributed by atoms with Crippen LogP contribution in [0.25, 0.3) is 0 Å². The number of hydrogen-bond acceptors (Lipinski definition) is 3. The number of carbonyl (C=O) groups excluding carboxylic acids is 1. The highest BCUT2D eigenvalue weighted by Gasteiger charge is 2.00. The standard InChI is InChI=1S/C6H6N3O/c1-7-6(10)5-2-8-4-9-3-5/h2-3H,1H3,(H,7,10). The molecule has 1 aromatic heterocycles. The fraction of sp³-hybridized carbons (Fsp3) is 0.167. The lowest BCUT2D eigenvalue weighted by atomic mass is 10.3. The van der Waals surface area contributed by atoms with Crippen LogP contribution in [0.5, 0.6) is 0 Å². The SMILES string of the molecule is CNC(=O)c1cn[c]nc1. The molecule has 0 aliphatic rings. The van der Waals surface area contributed by atoms with E-state index in [1.807, 2.05) is 0 Å². The lowest BCUT2D eigenvalue weighted by molar-refractivity contribution is 0.0962. The van der Waals surface area contributed by atoms with Crippen LogP contribution in [0.3, 0.4) is 0 Å². The summed E-state index contributed by atoms with van der Waals surface area (Å²) in [6.07, 6.45) is 5.15. The van der Waals surface area contributed by atoms with Crippen molar-refractivity contribution in [2.75, 3.05) is 7.05 Å². The molecule has 0 saturated heterocycles. The summed E-state index contributed by atoms with van der Waals surface area (Å²) in [4.78, 5) is 17.9. The predicted molar refractivity (Wildman–Crippen MR) is 34.3 cm³/mol. The third-order valence-corrected chi connectivity index (χ3v) is 1.01. The van der Waals surface area contributed by atoms with E-state index in [9.17, 15) is 4.79 Å². The molecule has 0 aliphatic carbocycles. The van der Waals surface area contributed by atoms with Crippen LogP contribution in [0, 0.1) is 6.33 Å². The molecule has 0 fully saturated rings. The van der Waals surface area contributed by atoms with Gasteiger partial charge in [-0.15, -0.1) is 0 Å². The molecule has 1 rings (SSSR count). The normalized spacial score (nSPS) is 8.90. The lowest BCUT2D eigenvalue weighted by Crippen LogP contribution is -2.17. The summed E-state index contributed by atoms with van der Waals surface area (Å²) >= 11 is 0. The van der Waals surface area contributed by atoms with E-state index >= 15 is 0 Å². The zero-order valence-corrected chi connectivity index (χ0v) is 5.46. The molecule has 0 bridgehead atoms. The Balaban J connectivity index is 2.85. The summed E-state index contributed by atoms with van der Waals surface area (Å²) in [5.74, 6) is -0.186. The zero-order chi connectivity index (χ0) is 7.40. The summed E-state index contributed by atoms with van der Waals surface area (Å²) in [5.41, 5.74) is 0.446. The van der Waals surface area contributed by atoms with Crippen molar-refractivity contribution in [1.82, 2.24) is 15.3 Å². The van der Waals surface area contributed by atoms with Gasteiger partial charge in [0.1, 0.15) is 0 Å². The Morgan fingerprint density at radius 2 is 2.20 bits per heavy atom. The van der Waals surface area contributed by atoms with Crippen molar-refractivity contribution in [1.29, 1.82) is 0 Å². The largest absolute Gasteiger partial charge is 0.355 e. The second-order valence-electron chi connectivity index (χ2n) is 1.65. The van der Waals surface area contributed by atoms with Crippen LogP contribution >= 0.6 is 0 Å². The molecule has 1 heterocycles. The van der Waals surface area contributed by atoms with Crippen molar-refractivity contribution >= 4 is 5.91 Å². The van der Waals surface area contributed by atoms with Crippen LogP contribution in [0.15, 0.2) is 12.4 Å². The van der Waals surface area contributed by atoms with E-state index in [0.29, 0.717) is 5.56 Å². The Morgan fingerprint density at radius 1 is 1.60 bits per heavy atom. The van der Waals surface area contributed by atoms with E-state index in [0.717, 1.165) is 0 Å². The number of aromatic nitrogens is 2. The minimum Gasteiger partial charge on any atom is -0.355 e. The van der Waals surface area contributed by atoms with Crippen molar-refractivity contribution < 1.29 is 4.79 Å². The van der Waals surface area contributed by atoms with E-state index in [1.165, 1.54) is 12.4 Å². The maximum absolute atomic E-state index is 10.8. The molecule has 10 heavy (non-hydrogen) atoms. The molecule has 0 atom stereocenters. The summed E-state index contributed by atoms with van der Waals surface area (Å²) in [7, 11) is 1.55. The minimum absolute atomic E-state index is 0.186. The molecule has 0 aromatic carbocycles. The van der Waals surface area contributed by atoms with Gasteiger partial charge in [-0.25, -0.2) is 9.97 Å². The maximum Gasteiger partial charge on any atom is 0.254 e. The van der Waals surface area contributed by atoms with Gasteiger partial charge in [-0.05, 0) is 0 Å². The Morgan fingerprint density at radius 3 is 2.70 bits per heavy atom. The fourth-order valence-electron chi connectivity index (χ4n) is 0.525. The zero-order valence-electron chi connectivity index (χ0n) is 5.46. The molecule has 4 nitrogen and oxygen atoms in total. The summed E-state index contributed by atoms with van der Waals surface area (Å²) < 4.78 is 0. The van der Waals surface area contributed by atoms with Crippen molar-refractivity contribution in [2.24, 2.45) is 0 Å². The van der Waals surface area contributed by atoms with Crippen molar-refractivity contribution in [3.8, 4) is 0 Å². The molecule has 0 unspecified atom stereocenters. The van der Waals surface area contributed by atoms with Gasteiger partial charge >= 0.3 is 0 Å². The van der Waals surface area contributed by atoms with E-state index in [2.05, 4.69) is 21.6 Å². The Kier molecular flexibility index (Phi) is 1.94. The minimum atomic E-state index is -0.186. The Bertz CT molecular complexity index is 222. The molecule has 0 spiro atoms. The van der Waals surface area contributed by atoms with Gasteiger partial charge in [-0.2, -0.15) is 0 Å².